The highest BCUT2D eigenvalue weighted by atomic mass is 35.5. The Labute approximate surface area is 120 Å². The van der Waals surface area contributed by atoms with Gasteiger partial charge < -0.3 is 10.1 Å². The Morgan fingerprint density at radius 2 is 2.53 bits per heavy atom. The minimum absolute atomic E-state index is 0.0695. The highest BCUT2D eigenvalue weighted by Gasteiger charge is 2.17. The zero-order valence-electron chi connectivity index (χ0n) is 10.2. The molecule has 100 valence electrons. The number of hydrogen-bond donors (Lipinski definition) is 1. The van der Waals surface area contributed by atoms with Crippen molar-refractivity contribution in [1.29, 1.82) is 5.26 Å². The van der Waals surface area contributed by atoms with Crippen LogP contribution in [0.25, 0.3) is 6.08 Å². The van der Waals surface area contributed by atoms with Crippen LogP contribution in [-0.2, 0) is 9.53 Å². The number of carbonyl (C=O) groups excluding carboxylic acids is 1. The molecule has 0 spiro atoms. The zero-order valence-corrected chi connectivity index (χ0v) is 11.8. The number of amides is 1. The molecule has 0 saturated carbocycles. The van der Waals surface area contributed by atoms with Gasteiger partial charge in [-0.1, -0.05) is 11.6 Å². The van der Waals surface area contributed by atoms with Crippen LogP contribution in [0.5, 0.6) is 0 Å². The van der Waals surface area contributed by atoms with E-state index in [-0.39, 0.29) is 17.6 Å². The fourth-order valence-electron chi connectivity index (χ4n) is 1.80. The van der Waals surface area contributed by atoms with E-state index in [1.807, 2.05) is 6.07 Å². The normalized spacial score (nSPS) is 19.2. The Bertz CT molecular complexity index is 527. The molecule has 1 aromatic rings. The van der Waals surface area contributed by atoms with Gasteiger partial charge >= 0.3 is 0 Å². The van der Waals surface area contributed by atoms with Crippen molar-refractivity contribution in [2.24, 2.45) is 0 Å². The predicted molar refractivity (Wildman–Crippen MR) is 74.9 cm³/mol. The average Bonchev–Trinajstić information content (AvgIpc) is 3.04. The Balaban J connectivity index is 1.95. The largest absolute Gasteiger partial charge is 0.376 e. The Morgan fingerprint density at radius 3 is 3.11 bits per heavy atom. The van der Waals surface area contributed by atoms with Gasteiger partial charge in [0.1, 0.15) is 11.6 Å². The maximum Gasteiger partial charge on any atom is 0.262 e. The fraction of sp³-hybridized carbons (Fsp3) is 0.385. The maximum absolute atomic E-state index is 11.9. The van der Waals surface area contributed by atoms with Crippen LogP contribution in [0.4, 0.5) is 0 Å². The van der Waals surface area contributed by atoms with Crippen LogP contribution < -0.4 is 5.32 Å². The van der Waals surface area contributed by atoms with E-state index in [4.69, 9.17) is 21.6 Å². The van der Waals surface area contributed by atoms with Crippen molar-refractivity contribution in [2.45, 2.75) is 18.9 Å². The smallest absolute Gasteiger partial charge is 0.262 e. The summed E-state index contributed by atoms with van der Waals surface area (Å²) in [5, 5.41) is 11.7. The number of halogens is 1. The van der Waals surface area contributed by atoms with Crippen molar-refractivity contribution in [2.75, 3.05) is 13.2 Å². The van der Waals surface area contributed by atoms with Crippen LogP contribution in [0.1, 0.15) is 17.7 Å². The van der Waals surface area contributed by atoms with Crippen molar-refractivity contribution >= 4 is 34.9 Å². The third kappa shape index (κ3) is 4.06. The third-order valence-electron chi connectivity index (χ3n) is 2.76. The number of hydrogen-bond acceptors (Lipinski definition) is 4. The second-order valence-electron chi connectivity index (χ2n) is 4.16. The summed E-state index contributed by atoms with van der Waals surface area (Å²) in [5.74, 6) is -0.373. The molecule has 1 aliphatic heterocycles. The van der Waals surface area contributed by atoms with Crippen molar-refractivity contribution in [3.63, 3.8) is 0 Å². The number of nitrogens with zero attached hydrogens (tertiary/aromatic N) is 1. The van der Waals surface area contributed by atoms with Crippen LogP contribution in [0.2, 0.25) is 4.34 Å². The van der Waals surface area contributed by atoms with Gasteiger partial charge in [0.25, 0.3) is 5.91 Å². The maximum atomic E-state index is 11.9. The molecule has 1 N–H and O–H groups in total. The molecule has 1 fully saturated rings. The molecule has 2 rings (SSSR count). The predicted octanol–water partition coefficient (Wildman–Crippen LogP) is 2.60. The lowest BCUT2D eigenvalue weighted by molar-refractivity contribution is -0.117. The summed E-state index contributed by atoms with van der Waals surface area (Å²) in [4.78, 5) is 12.6. The first-order valence-electron chi connectivity index (χ1n) is 5.96. The summed E-state index contributed by atoms with van der Waals surface area (Å²) in [6, 6.07) is 5.42. The molecule has 0 bridgehead atoms. The van der Waals surface area contributed by atoms with Crippen molar-refractivity contribution in [3.8, 4) is 6.07 Å². The highest BCUT2D eigenvalue weighted by Crippen LogP contribution is 2.23. The van der Waals surface area contributed by atoms with Crippen molar-refractivity contribution in [1.82, 2.24) is 5.32 Å². The number of rotatable bonds is 4. The molecular formula is C13H13ClN2O2S. The Kier molecular flexibility index (Phi) is 4.97. The molecule has 1 atom stereocenters. The SMILES string of the molecule is N#CC(=Cc1ccc(Cl)s1)C(=O)NCC1CCCO1. The number of nitrogens with one attached hydrogen (secondary N) is 1. The summed E-state index contributed by atoms with van der Waals surface area (Å²) in [5.41, 5.74) is 0.0801. The summed E-state index contributed by atoms with van der Waals surface area (Å²) < 4.78 is 6.03. The second-order valence-corrected chi connectivity index (χ2v) is 5.90. The Morgan fingerprint density at radius 1 is 1.68 bits per heavy atom. The van der Waals surface area contributed by atoms with Gasteiger partial charge in [0, 0.05) is 18.0 Å². The van der Waals surface area contributed by atoms with Crippen LogP contribution >= 0.6 is 22.9 Å². The Hall–Kier alpha value is -1.35. The van der Waals surface area contributed by atoms with Gasteiger partial charge in [-0.25, -0.2) is 0 Å². The molecule has 1 aromatic heterocycles. The van der Waals surface area contributed by atoms with E-state index in [0.29, 0.717) is 10.9 Å². The van der Waals surface area contributed by atoms with E-state index in [1.165, 1.54) is 11.3 Å². The molecule has 0 radical (unpaired) electrons. The number of nitriles is 1. The molecule has 1 unspecified atom stereocenters. The van der Waals surface area contributed by atoms with E-state index in [0.717, 1.165) is 24.3 Å². The van der Waals surface area contributed by atoms with Crippen molar-refractivity contribution < 1.29 is 9.53 Å². The fourth-order valence-corrected chi connectivity index (χ4v) is 2.81. The standard InChI is InChI=1S/C13H13ClN2O2S/c14-12-4-3-11(19-12)6-9(7-15)13(17)16-8-10-2-1-5-18-10/h3-4,6,10H,1-2,5,8H2,(H,16,17). The van der Waals surface area contributed by atoms with Gasteiger partial charge in [-0.05, 0) is 31.1 Å². The van der Waals surface area contributed by atoms with Gasteiger partial charge in [0.15, 0.2) is 0 Å². The van der Waals surface area contributed by atoms with E-state index in [1.54, 1.807) is 18.2 Å². The van der Waals surface area contributed by atoms with E-state index >= 15 is 0 Å². The summed E-state index contributed by atoms with van der Waals surface area (Å²) in [7, 11) is 0. The molecule has 1 amide bonds. The molecule has 4 nitrogen and oxygen atoms in total. The lowest BCUT2D eigenvalue weighted by atomic mass is 10.2. The lowest BCUT2D eigenvalue weighted by Gasteiger charge is -2.09. The lowest BCUT2D eigenvalue weighted by Crippen LogP contribution is -2.32. The minimum Gasteiger partial charge on any atom is -0.376 e. The van der Waals surface area contributed by atoms with Crippen LogP contribution in [0, 0.1) is 11.3 Å². The first-order valence-corrected chi connectivity index (χ1v) is 7.15. The zero-order chi connectivity index (χ0) is 13.7. The monoisotopic (exact) mass is 296 g/mol. The van der Waals surface area contributed by atoms with Gasteiger partial charge in [0.05, 0.1) is 10.4 Å². The van der Waals surface area contributed by atoms with Gasteiger partial charge in [0.2, 0.25) is 0 Å². The molecule has 19 heavy (non-hydrogen) atoms. The van der Waals surface area contributed by atoms with E-state index in [9.17, 15) is 4.79 Å². The molecule has 1 saturated heterocycles. The van der Waals surface area contributed by atoms with E-state index in [2.05, 4.69) is 5.32 Å². The first-order chi connectivity index (χ1) is 9.19. The van der Waals surface area contributed by atoms with Crippen molar-refractivity contribution in [3.05, 3.63) is 26.9 Å². The van der Waals surface area contributed by atoms with Gasteiger partial charge in [-0.3, -0.25) is 4.79 Å². The van der Waals surface area contributed by atoms with Crippen LogP contribution in [-0.4, -0.2) is 25.2 Å². The topological polar surface area (TPSA) is 62.1 Å². The quantitative estimate of drug-likeness (QED) is 0.686. The summed E-state index contributed by atoms with van der Waals surface area (Å²) in [6.45, 7) is 1.19. The summed E-state index contributed by atoms with van der Waals surface area (Å²) >= 11 is 7.13. The molecule has 0 aromatic carbocycles. The molecule has 6 heteroatoms. The first kappa shape index (κ1) is 14.1. The van der Waals surface area contributed by atoms with E-state index < -0.39 is 0 Å². The average molecular weight is 297 g/mol. The van der Waals surface area contributed by atoms with Gasteiger partial charge in [-0.15, -0.1) is 11.3 Å². The summed E-state index contributed by atoms with van der Waals surface area (Å²) in [6.07, 6.45) is 3.59. The highest BCUT2D eigenvalue weighted by molar-refractivity contribution is 7.17. The van der Waals surface area contributed by atoms with Crippen LogP contribution in [0.15, 0.2) is 17.7 Å². The number of ether oxygens (including phenoxy) is 1. The second kappa shape index (κ2) is 6.71. The molecule has 1 aliphatic rings. The number of thiophene rings is 1. The molecule has 2 heterocycles. The number of carbonyl (C=O) groups is 1. The molecule has 0 aliphatic carbocycles. The van der Waals surface area contributed by atoms with Gasteiger partial charge in [-0.2, -0.15) is 5.26 Å². The van der Waals surface area contributed by atoms with Crippen LogP contribution in [0.3, 0.4) is 0 Å². The minimum atomic E-state index is -0.373. The molecular weight excluding hydrogens is 284 g/mol. The third-order valence-corrected chi connectivity index (χ3v) is 3.94.